The highest BCUT2D eigenvalue weighted by Gasteiger charge is 2.20. The van der Waals surface area contributed by atoms with Gasteiger partial charge in [-0.3, -0.25) is 0 Å². The number of carbonyl (C=O) groups is 2. The number of aryl methyl sites for hydroxylation is 1. The number of amides is 1. The van der Waals surface area contributed by atoms with Crippen LogP contribution in [0.25, 0.3) is 0 Å². The van der Waals surface area contributed by atoms with E-state index in [4.69, 9.17) is 20.9 Å². The number of aliphatic carboxylic acids is 1. The molecule has 0 heterocycles. The summed E-state index contributed by atoms with van der Waals surface area (Å²) in [5.41, 5.74) is 13.2. The number of benzene rings is 2. The van der Waals surface area contributed by atoms with E-state index in [0.29, 0.717) is 12.2 Å². The Hall–Kier alpha value is -4.08. The molecule has 1 atom stereocenters. The van der Waals surface area contributed by atoms with Crippen molar-refractivity contribution in [2.45, 2.75) is 38.8 Å². The number of hydrogen-bond acceptors (Lipinski definition) is 6. The first-order valence-electron chi connectivity index (χ1n) is 10.4. The molecule has 0 aromatic heterocycles. The molecular formula is C23H29N5O5. The molecule has 0 saturated carbocycles. The third-order valence-corrected chi connectivity index (χ3v) is 4.51. The van der Waals surface area contributed by atoms with Gasteiger partial charge < -0.3 is 31.4 Å². The first kappa shape index (κ1) is 25.2. The highest BCUT2D eigenvalue weighted by molar-refractivity contribution is 5.83. The molecule has 33 heavy (non-hydrogen) atoms. The maximum absolute atomic E-state index is 11.9. The van der Waals surface area contributed by atoms with Crippen LogP contribution in [-0.2, 0) is 22.6 Å². The molecule has 2 aromatic rings. The zero-order valence-corrected chi connectivity index (χ0v) is 18.4. The average molecular weight is 456 g/mol. The van der Waals surface area contributed by atoms with Gasteiger partial charge in [-0.2, -0.15) is 5.10 Å². The Morgan fingerprint density at radius 3 is 2.36 bits per heavy atom. The minimum absolute atomic E-state index is 0.0571. The van der Waals surface area contributed by atoms with Gasteiger partial charge in [0.2, 0.25) is 5.96 Å². The molecule has 0 spiro atoms. The number of rotatable bonds is 12. The quantitative estimate of drug-likeness (QED) is 0.217. The molecule has 1 unspecified atom stereocenters. The van der Waals surface area contributed by atoms with Crippen LogP contribution in [0.15, 0.2) is 64.8 Å². The van der Waals surface area contributed by atoms with Crippen molar-refractivity contribution in [2.75, 3.05) is 6.61 Å². The molecule has 0 bridgehead atoms. The summed E-state index contributed by atoms with van der Waals surface area (Å²) in [7, 11) is 0. The molecule has 0 saturated heterocycles. The number of hydrogen-bond donors (Lipinski definition) is 4. The molecule has 0 fully saturated rings. The van der Waals surface area contributed by atoms with E-state index >= 15 is 0 Å². The van der Waals surface area contributed by atoms with Crippen LogP contribution >= 0.6 is 0 Å². The SMILES string of the molecule is C/C(CCc1ccc(OCCC(NC(=O)OCc2ccccc2)C(=O)O)cc1)=N/N=C(N)N. The number of nitrogens with zero attached hydrogens (tertiary/aromatic N) is 2. The summed E-state index contributed by atoms with van der Waals surface area (Å²) in [5.74, 6) is -0.649. The zero-order valence-electron chi connectivity index (χ0n) is 18.4. The van der Waals surface area contributed by atoms with Crippen LogP contribution < -0.4 is 21.5 Å². The third-order valence-electron chi connectivity index (χ3n) is 4.51. The van der Waals surface area contributed by atoms with Crippen LogP contribution in [0.1, 0.15) is 30.9 Å². The highest BCUT2D eigenvalue weighted by atomic mass is 16.5. The normalized spacial score (nSPS) is 11.8. The lowest BCUT2D eigenvalue weighted by molar-refractivity contribution is -0.139. The smallest absolute Gasteiger partial charge is 0.408 e. The summed E-state index contributed by atoms with van der Waals surface area (Å²) in [6.45, 7) is 2.01. The molecule has 10 nitrogen and oxygen atoms in total. The predicted octanol–water partition coefficient (Wildman–Crippen LogP) is 2.42. The molecular weight excluding hydrogens is 426 g/mol. The van der Waals surface area contributed by atoms with Gasteiger partial charge in [-0.25, -0.2) is 9.59 Å². The van der Waals surface area contributed by atoms with Crippen LogP contribution in [0.5, 0.6) is 5.75 Å². The van der Waals surface area contributed by atoms with E-state index in [1.807, 2.05) is 49.4 Å². The molecule has 2 aromatic carbocycles. The number of carboxylic acids is 1. The van der Waals surface area contributed by atoms with Crippen LogP contribution in [0, 0.1) is 0 Å². The van der Waals surface area contributed by atoms with Gasteiger partial charge in [-0.1, -0.05) is 42.5 Å². The maximum Gasteiger partial charge on any atom is 0.408 e. The van der Waals surface area contributed by atoms with Crippen molar-refractivity contribution in [3.63, 3.8) is 0 Å². The van der Waals surface area contributed by atoms with E-state index in [-0.39, 0.29) is 25.6 Å². The number of carboxylic acid groups (broad SMARTS) is 1. The van der Waals surface area contributed by atoms with E-state index in [0.717, 1.165) is 23.3 Å². The largest absolute Gasteiger partial charge is 0.494 e. The molecule has 10 heteroatoms. The van der Waals surface area contributed by atoms with Gasteiger partial charge in [0.15, 0.2) is 0 Å². The summed E-state index contributed by atoms with van der Waals surface area (Å²) < 4.78 is 10.7. The standard InChI is InChI=1S/C23H29N5O5/c1-16(27-28-22(24)25)7-8-17-9-11-19(12-10-17)32-14-13-20(21(29)30)26-23(31)33-15-18-5-3-2-4-6-18/h2-6,9-12,20H,7-8,13-15H2,1H3,(H,26,31)(H,29,30)(H4,24,25,28)/b27-16-. The third kappa shape index (κ3) is 10.2. The second-order valence-corrected chi connectivity index (χ2v) is 7.24. The Balaban J connectivity index is 1.74. The van der Waals surface area contributed by atoms with Crippen molar-refractivity contribution in [3.05, 3.63) is 65.7 Å². The number of ether oxygens (including phenoxy) is 2. The van der Waals surface area contributed by atoms with Crippen molar-refractivity contribution in [1.29, 1.82) is 0 Å². The van der Waals surface area contributed by atoms with Crippen molar-refractivity contribution < 1.29 is 24.2 Å². The lowest BCUT2D eigenvalue weighted by atomic mass is 10.1. The molecule has 6 N–H and O–H groups in total. The van der Waals surface area contributed by atoms with Gasteiger partial charge in [-0.05, 0) is 43.0 Å². The van der Waals surface area contributed by atoms with E-state index in [1.165, 1.54) is 0 Å². The Morgan fingerprint density at radius 1 is 1.03 bits per heavy atom. The maximum atomic E-state index is 11.9. The van der Waals surface area contributed by atoms with Crippen LogP contribution in [0.4, 0.5) is 4.79 Å². The van der Waals surface area contributed by atoms with Gasteiger partial charge in [0.1, 0.15) is 18.4 Å². The molecule has 1 amide bonds. The Morgan fingerprint density at radius 2 is 1.73 bits per heavy atom. The van der Waals surface area contributed by atoms with E-state index in [2.05, 4.69) is 15.5 Å². The Labute approximate surface area is 192 Å². The Kier molecular flexibility index (Phi) is 10.2. The predicted molar refractivity (Wildman–Crippen MR) is 125 cm³/mol. The summed E-state index contributed by atoms with van der Waals surface area (Å²) in [4.78, 5) is 23.4. The molecule has 0 aliphatic rings. The highest BCUT2D eigenvalue weighted by Crippen LogP contribution is 2.14. The van der Waals surface area contributed by atoms with E-state index < -0.39 is 18.1 Å². The van der Waals surface area contributed by atoms with Crippen LogP contribution in [0.2, 0.25) is 0 Å². The molecule has 176 valence electrons. The van der Waals surface area contributed by atoms with Crippen molar-refractivity contribution >= 4 is 23.7 Å². The van der Waals surface area contributed by atoms with Gasteiger partial charge in [0.05, 0.1) is 6.61 Å². The fraction of sp³-hybridized carbons (Fsp3) is 0.304. The van der Waals surface area contributed by atoms with Gasteiger partial charge in [0, 0.05) is 12.1 Å². The molecule has 0 radical (unpaired) electrons. The lowest BCUT2D eigenvalue weighted by Gasteiger charge is -2.15. The molecule has 2 rings (SSSR count). The van der Waals surface area contributed by atoms with Crippen molar-refractivity contribution in [3.8, 4) is 5.75 Å². The molecule has 0 aliphatic heterocycles. The first-order valence-corrected chi connectivity index (χ1v) is 10.4. The lowest BCUT2D eigenvalue weighted by Crippen LogP contribution is -2.42. The average Bonchev–Trinajstić information content (AvgIpc) is 2.80. The molecule has 0 aliphatic carbocycles. The van der Waals surface area contributed by atoms with Gasteiger partial charge in [0.25, 0.3) is 0 Å². The topological polar surface area (TPSA) is 162 Å². The van der Waals surface area contributed by atoms with Crippen molar-refractivity contribution in [2.24, 2.45) is 21.7 Å². The summed E-state index contributed by atoms with van der Waals surface area (Å²) >= 11 is 0. The van der Waals surface area contributed by atoms with Gasteiger partial charge in [-0.15, -0.1) is 5.10 Å². The number of carbonyl (C=O) groups excluding carboxylic acids is 1. The Bertz CT molecular complexity index is 957. The van der Waals surface area contributed by atoms with E-state index in [9.17, 15) is 14.7 Å². The number of alkyl carbamates (subject to hydrolysis) is 1. The minimum Gasteiger partial charge on any atom is -0.494 e. The van der Waals surface area contributed by atoms with Crippen LogP contribution in [0.3, 0.4) is 0 Å². The van der Waals surface area contributed by atoms with Crippen molar-refractivity contribution in [1.82, 2.24) is 5.32 Å². The van der Waals surface area contributed by atoms with Gasteiger partial charge >= 0.3 is 12.1 Å². The summed E-state index contributed by atoms with van der Waals surface area (Å²) in [6, 6.07) is 15.4. The number of nitrogens with one attached hydrogen (secondary N) is 1. The number of nitrogens with two attached hydrogens (primary N) is 2. The second kappa shape index (κ2) is 13.4. The fourth-order valence-electron chi connectivity index (χ4n) is 2.73. The summed E-state index contributed by atoms with van der Waals surface area (Å²) in [6.07, 6.45) is 0.738. The fourth-order valence-corrected chi connectivity index (χ4v) is 2.73. The second-order valence-electron chi connectivity index (χ2n) is 7.24. The summed E-state index contributed by atoms with van der Waals surface area (Å²) in [5, 5.41) is 19.2. The first-order chi connectivity index (χ1) is 15.8. The zero-order chi connectivity index (χ0) is 24.1. The minimum atomic E-state index is -1.16. The monoisotopic (exact) mass is 455 g/mol. The van der Waals surface area contributed by atoms with Crippen LogP contribution in [-0.4, -0.2) is 41.5 Å². The van der Waals surface area contributed by atoms with E-state index in [1.54, 1.807) is 12.1 Å². The number of guanidine groups is 1.